The Morgan fingerprint density at radius 1 is 1.29 bits per heavy atom. The van der Waals surface area contributed by atoms with Crippen molar-refractivity contribution in [2.75, 3.05) is 18.5 Å². The van der Waals surface area contributed by atoms with E-state index in [1.807, 2.05) is 31.2 Å². The molecule has 0 saturated carbocycles. The first-order valence-corrected chi connectivity index (χ1v) is 7.20. The van der Waals surface area contributed by atoms with Crippen LogP contribution in [0, 0.1) is 0 Å². The van der Waals surface area contributed by atoms with Gasteiger partial charge in [0.15, 0.2) is 0 Å². The number of phenols is 1. The molecule has 3 rings (SSSR count). The fourth-order valence-electron chi connectivity index (χ4n) is 2.53. The van der Waals surface area contributed by atoms with Crippen LogP contribution in [0.2, 0.25) is 0 Å². The SMILES string of the molecule is CCOc1ccccc1CC1CNc2ccc(O)cc2O1. The average Bonchev–Trinajstić information content (AvgIpc) is 2.49. The maximum Gasteiger partial charge on any atom is 0.146 e. The van der Waals surface area contributed by atoms with Crippen molar-refractivity contribution in [3.05, 3.63) is 48.0 Å². The van der Waals surface area contributed by atoms with Gasteiger partial charge in [0.2, 0.25) is 0 Å². The summed E-state index contributed by atoms with van der Waals surface area (Å²) in [5, 5.41) is 12.9. The fourth-order valence-corrected chi connectivity index (χ4v) is 2.53. The van der Waals surface area contributed by atoms with E-state index in [0.717, 1.165) is 30.0 Å². The maximum absolute atomic E-state index is 9.55. The Hall–Kier alpha value is -2.36. The predicted molar refractivity (Wildman–Crippen MR) is 82.3 cm³/mol. The van der Waals surface area contributed by atoms with E-state index in [-0.39, 0.29) is 11.9 Å². The number of phenolic OH excluding ortho intramolecular Hbond substituents is 1. The number of anilines is 1. The molecule has 1 unspecified atom stereocenters. The molecule has 0 amide bonds. The monoisotopic (exact) mass is 285 g/mol. The Morgan fingerprint density at radius 3 is 3.00 bits per heavy atom. The van der Waals surface area contributed by atoms with Crippen LogP contribution in [-0.2, 0) is 6.42 Å². The van der Waals surface area contributed by atoms with E-state index in [9.17, 15) is 5.11 Å². The molecule has 0 aromatic heterocycles. The minimum absolute atomic E-state index is 0.0147. The van der Waals surface area contributed by atoms with Crippen molar-refractivity contribution in [2.45, 2.75) is 19.4 Å². The Labute approximate surface area is 124 Å². The molecule has 1 atom stereocenters. The highest BCUT2D eigenvalue weighted by Gasteiger charge is 2.21. The molecule has 2 N–H and O–H groups in total. The van der Waals surface area contributed by atoms with Gasteiger partial charge in [-0.2, -0.15) is 0 Å². The highest BCUT2D eigenvalue weighted by atomic mass is 16.5. The number of para-hydroxylation sites is 1. The smallest absolute Gasteiger partial charge is 0.146 e. The second-order valence-corrected chi connectivity index (χ2v) is 5.05. The predicted octanol–water partition coefficient (Wildman–Crippen LogP) is 3.21. The van der Waals surface area contributed by atoms with E-state index in [0.29, 0.717) is 12.4 Å². The van der Waals surface area contributed by atoms with Gasteiger partial charge in [-0.05, 0) is 30.7 Å². The van der Waals surface area contributed by atoms with Gasteiger partial charge < -0.3 is 19.9 Å². The first-order valence-electron chi connectivity index (χ1n) is 7.20. The lowest BCUT2D eigenvalue weighted by Gasteiger charge is -2.28. The first-order chi connectivity index (χ1) is 10.3. The maximum atomic E-state index is 9.55. The lowest BCUT2D eigenvalue weighted by Crippen LogP contribution is -2.32. The zero-order valence-electron chi connectivity index (χ0n) is 12.0. The number of benzene rings is 2. The molecule has 1 aliphatic rings. The molecule has 2 aromatic rings. The van der Waals surface area contributed by atoms with E-state index >= 15 is 0 Å². The van der Waals surface area contributed by atoms with Gasteiger partial charge in [-0.25, -0.2) is 0 Å². The molecule has 0 spiro atoms. The molecule has 0 fully saturated rings. The minimum Gasteiger partial charge on any atom is -0.508 e. The minimum atomic E-state index is 0.0147. The fraction of sp³-hybridized carbons (Fsp3) is 0.294. The van der Waals surface area contributed by atoms with Crippen LogP contribution in [0.1, 0.15) is 12.5 Å². The van der Waals surface area contributed by atoms with Gasteiger partial charge in [-0.1, -0.05) is 18.2 Å². The molecule has 0 saturated heterocycles. The van der Waals surface area contributed by atoms with Crippen LogP contribution in [0.5, 0.6) is 17.2 Å². The third-order valence-electron chi connectivity index (χ3n) is 3.50. The van der Waals surface area contributed by atoms with Crippen LogP contribution < -0.4 is 14.8 Å². The second kappa shape index (κ2) is 5.95. The van der Waals surface area contributed by atoms with Gasteiger partial charge in [0, 0.05) is 12.5 Å². The molecular weight excluding hydrogens is 266 g/mol. The van der Waals surface area contributed by atoms with E-state index in [1.165, 1.54) is 0 Å². The lowest BCUT2D eigenvalue weighted by molar-refractivity contribution is 0.203. The zero-order chi connectivity index (χ0) is 14.7. The summed E-state index contributed by atoms with van der Waals surface area (Å²) in [7, 11) is 0. The van der Waals surface area contributed by atoms with Crippen molar-refractivity contribution in [2.24, 2.45) is 0 Å². The second-order valence-electron chi connectivity index (χ2n) is 5.05. The average molecular weight is 285 g/mol. The Balaban J connectivity index is 1.75. The Bertz CT molecular complexity index is 627. The number of hydrogen-bond donors (Lipinski definition) is 2. The summed E-state index contributed by atoms with van der Waals surface area (Å²) in [4.78, 5) is 0. The summed E-state index contributed by atoms with van der Waals surface area (Å²) in [6.07, 6.45) is 0.777. The van der Waals surface area contributed by atoms with Crippen molar-refractivity contribution >= 4 is 5.69 Å². The van der Waals surface area contributed by atoms with E-state index < -0.39 is 0 Å². The molecule has 110 valence electrons. The van der Waals surface area contributed by atoms with Crippen LogP contribution in [0.25, 0.3) is 0 Å². The number of aromatic hydroxyl groups is 1. The van der Waals surface area contributed by atoms with Gasteiger partial charge in [-0.15, -0.1) is 0 Å². The van der Waals surface area contributed by atoms with E-state index in [1.54, 1.807) is 12.1 Å². The molecule has 1 heterocycles. The van der Waals surface area contributed by atoms with Gasteiger partial charge in [0.1, 0.15) is 23.4 Å². The molecule has 21 heavy (non-hydrogen) atoms. The standard InChI is InChI=1S/C17H19NO3/c1-2-20-16-6-4-3-5-12(16)9-14-11-18-15-8-7-13(19)10-17(15)21-14/h3-8,10,14,18-19H,2,9,11H2,1H3. The first kappa shape index (κ1) is 13.6. The molecule has 0 bridgehead atoms. The third kappa shape index (κ3) is 3.05. The van der Waals surface area contributed by atoms with Crippen LogP contribution >= 0.6 is 0 Å². The van der Waals surface area contributed by atoms with Crippen LogP contribution in [0.15, 0.2) is 42.5 Å². The third-order valence-corrected chi connectivity index (χ3v) is 3.50. The quantitative estimate of drug-likeness (QED) is 0.847. The summed E-state index contributed by atoms with van der Waals surface area (Å²) in [6.45, 7) is 3.37. The molecule has 0 radical (unpaired) electrons. The topological polar surface area (TPSA) is 50.7 Å². The molecule has 2 aromatic carbocycles. The number of hydrogen-bond acceptors (Lipinski definition) is 4. The molecule has 4 nitrogen and oxygen atoms in total. The molecule has 0 aliphatic carbocycles. The van der Waals surface area contributed by atoms with Crippen molar-refractivity contribution in [1.29, 1.82) is 0 Å². The van der Waals surface area contributed by atoms with Crippen LogP contribution in [0.4, 0.5) is 5.69 Å². The van der Waals surface area contributed by atoms with E-state index in [2.05, 4.69) is 11.4 Å². The number of nitrogens with one attached hydrogen (secondary N) is 1. The highest BCUT2D eigenvalue weighted by Crippen LogP contribution is 2.33. The number of rotatable bonds is 4. The summed E-state index contributed by atoms with van der Waals surface area (Å²) in [5.41, 5.74) is 2.05. The van der Waals surface area contributed by atoms with Gasteiger partial charge >= 0.3 is 0 Å². The van der Waals surface area contributed by atoms with Crippen molar-refractivity contribution < 1.29 is 14.6 Å². The molecule has 4 heteroatoms. The highest BCUT2D eigenvalue weighted by molar-refractivity contribution is 5.60. The molecular formula is C17H19NO3. The van der Waals surface area contributed by atoms with Crippen molar-refractivity contribution in [3.63, 3.8) is 0 Å². The normalized spacial score (nSPS) is 16.5. The van der Waals surface area contributed by atoms with Crippen LogP contribution in [-0.4, -0.2) is 24.4 Å². The van der Waals surface area contributed by atoms with Gasteiger partial charge in [0.25, 0.3) is 0 Å². The zero-order valence-corrected chi connectivity index (χ0v) is 12.0. The van der Waals surface area contributed by atoms with Gasteiger partial charge in [0.05, 0.1) is 18.8 Å². The van der Waals surface area contributed by atoms with E-state index in [4.69, 9.17) is 9.47 Å². The summed E-state index contributed by atoms with van der Waals surface area (Å²) in [6, 6.07) is 13.1. The van der Waals surface area contributed by atoms with Crippen molar-refractivity contribution in [1.82, 2.24) is 0 Å². The number of fused-ring (bicyclic) bond motifs is 1. The summed E-state index contributed by atoms with van der Waals surface area (Å²) >= 11 is 0. The number of ether oxygens (including phenoxy) is 2. The van der Waals surface area contributed by atoms with Gasteiger partial charge in [-0.3, -0.25) is 0 Å². The largest absolute Gasteiger partial charge is 0.508 e. The molecule has 1 aliphatic heterocycles. The van der Waals surface area contributed by atoms with Crippen molar-refractivity contribution in [3.8, 4) is 17.2 Å². The van der Waals surface area contributed by atoms with Crippen LogP contribution in [0.3, 0.4) is 0 Å². The summed E-state index contributed by atoms with van der Waals surface area (Å²) < 4.78 is 11.6. The lowest BCUT2D eigenvalue weighted by atomic mass is 10.1. The summed E-state index contributed by atoms with van der Waals surface area (Å²) in [5.74, 6) is 1.82. The Morgan fingerprint density at radius 2 is 2.14 bits per heavy atom. The Kier molecular flexibility index (Phi) is 3.86.